The molecule has 0 fully saturated rings. The summed E-state index contributed by atoms with van der Waals surface area (Å²) in [6.07, 6.45) is 0. The van der Waals surface area contributed by atoms with Crippen LogP contribution in [0.5, 0.6) is 5.75 Å². The van der Waals surface area contributed by atoms with Crippen molar-refractivity contribution in [2.45, 2.75) is 23.6 Å². The minimum Gasteiger partial charge on any atom is -0.467 e. The molecule has 4 rings (SSSR count). The molecule has 3 aromatic rings. The Hall–Kier alpha value is -2.42. The number of rotatable bonds is 5. The fraction of sp³-hybridized carbons (Fsp3) is 0.211. The Bertz CT molecular complexity index is 986. The molecule has 1 aliphatic heterocycles. The van der Waals surface area contributed by atoms with Crippen LogP contribution in [0.3, 0.4) is 0 Å². The smallest absolute Gasteiger partial charge is 0.270 e. The standard InChI is InChI=1S/C19H16N2O4S2/c1-12-2-4-13(5-3-12)17-10-27-19(20-17)26-9-15-7-16(21(22)23)6-14-8-24-11-25-18(14)15/h2-7,10H,8-9,11H2,1H3. The van der Waals surface area contributed by atoms with E-state index in [1.165, 1.54) is 11.6 Å². The summed E-state index contributed by atoms with van der Waals surface area (Å²) in [5.74, 6) is 1.24. The molecule has 0 amide bonds. The van der Waals surface area contributed by atoms with Crippen molar-refractivity contribution in [3.8, 4) is 17.0 Å². The maximum Gasteiger partial charge on any atom is 0.270 e. The fourth-order valence-electron chi connectivity index (χ4n) is 2.81. The van der Waals surface area contributed by atoms with Crippen molar-refractivity contribution in [3.63, 3.8) is 0 Å². The number of hydrogen-bond donors (Lipinski definition) is 0. The number of benzene rings is 2. The summed E-state index contributed by atoms with van der Waals surface area (Å²) in [6.45, 7) is 2.54. The summed E-state index contributed by atoms with van der Waals surface area (Å²) in [4.78, 5) is 15.5. The van der Waals surface area contributed by atoms with Crippen molar-refractivity contribution < 1.29 is 14.4 Å². The Morgan fingerprint density at radius 3 is 2.89 bits per heavy atom. The van der Waals surface area contributed by atoms with E-state index in [4.69, 9.17) is 9.47 Å². The maximum atomic E-state index is 11.2. The molecule has 2 aromatic carbocycles. The quantitative estimate of drug-likeness (QED) is 0.333. The van der Waals surface area contributed by atoms with Gasteiger partial charge in [0, 0.05) is 40.0 Å². The van der Waals surface area contributed by atoms with Gasteiger partial charge in [-0.05, 0) is 6.92 Å². The van der Waals surface area contributed by atoms with E-state index in [-0.39, 0.29) is 17.4 Å². The normalized spacial score (nSPS) is 13.1. The van der Waals surface area contributed by atoms with Gasteiger partial charge < -0.3 is 9.47 Å². The number of nitro groups is 1. The van der Waals surface area contributed by atoms with Gasteiger partial charge in [0.2, 0.25) is 0 Å². The lowest BCUT2D eigenvalue weighted by Gasteiger charge is -2.20. The summed E-state index contributed by atoms with van der Waals surface area (Å²) in [5, 5.41) is 13.2. The Labute approximate surface area is 164 Å². The summed E-state index contributed by atoms with van der Waals surface area (Å²) in [7, 11) is 0. The zero-order valence-corrected chi connectivity index (χ0v) is 16.1. The zero-order chi connectivity index (χ0) is 18.8. The van der Waals surface area contributed by atoms with Gasteiger partial charge in [0.1, 0.15) is 5.75 Å². The number of ether oxygens (including phenoxy) is 2. The minimum absolute atomic E-state index is 0.0536. The second-order valence-corrected chi connectivity index (χ2v) is 8.19. The van der Waals surface area contributed by atoms with Gasteiger partial charge in [0.15, 0.2) is 11.1 Å². The van der Waals surface area contributed by atoms with E-state index in [0.29, 0.717) is 23.7 Å². The Kier molecular flexibility index (Phi) is 5.11. The lowest BCUT2D eigenvalue weighted by Crippen LogP contribution is -2.13. The summed E-state index contributed by atoms with van der Waals surface area (Å²) >= 11 is 3.12. The van der Waals surface area contributed by atoms with Crippen LogP contribution >= 0.6 is 23.1 Å². The van der Waals surface area contributed by atoms with Crippen LogP contribution in [-0.2, 0) is 17.1 Å². The summed E-state index contributed by atoms with van der Waals surface area (Å²) in [6, 6.07) is 11.3. The second kappa shape index (κ2) is 7.67. The van der Waals surface area contributed by atoms with Gasteiger partial charge in [-0.15, -0.1) is 11.3 Å². The monoisotopic (exact) mass is 400 g/mol. The number of hydrogen-bond acceptors (Lipinski definition) is 7. The van der Waals surface area contributed by atoms with E-state index < -0.39 is 0 Å². The van der Waals surface area contributed by atoms with Crippen molar-refractivity contribution in [2.24, 2.45) is 0 Å². The van der Waals surface area contributed by atoms with Crippen LogP contribution in [-0.4, -0.2) is 16.7 Å². The van der Waals surface area contributed by atoms with Crippen LogP contribution in [0.4, 0.5) is 5.69 Å². The number of thioether (sulfide) groups is 1. The maximum absolute atomic E-state index is 11.2. The van der Waals surface area contributed by atoms with Gasteiger partial charge in [-0.2, -0.15) is 0 Å². The number of nitro benzene ring substituents is 1. The third-order valence-corrected chi connectivity index (χ3v) is 6.23. The molecule has 2 heterocycles. The number of aryl methyl sites for hydroxylation is 1. The molecule has 0 N–H and O–H groups in total. The second-order valence-electron chi connectivity index (χ2n) is 6.11. The first kappa shape index (κ1) is 18.0. The van der Waals surface area contributed by atoms with Crippen LogP contribution in [0.15, 0.2) is 46.1 Å². The molecule has 0 atom stereocenters. The molecule has 0 saturated carbocycles. The lowest BCUT2D eigenvalue weighted by atomic mass is 10.1. The molecule has 1 aromatic heterocycles. The van der Waals surface area contributed by atoms with Crippen molar-refractivity contribution >= 4 is 28.8 Å². The average Bonchev–Trinajstić information content (AvgIpc) is 3.15. The minimum atomic E-state index is -0.387. The topological polar surface area (TPSA) is 74.5 Å². The number of thiazole rings is 1. The summed E-state index contributed by atoms with van der Waals surface area (Å²) < 4.78 is 11.8. The number of fused-ring (bicyclic) bond motifs is 1. The highest BCUT2D eigenvalue weighted by Gasteiger charge is 2.21. The van der Waals surface area contributed by atoms with Crippen molar-refractivity contribution in [1.82, 2.24) is 4.98 Å². The third-order valence-electron chi connectivity index (χ3n) is 4.16. The average molecular weight is 400 g/mol. The van der Waals surface area contributed by atoms with Gasteiger partial charge >= 0.3 is 0 Å². The van der Waals surface area contributed by atoms with E-state index in [1.807, 2.05) is 5.38 Å². The van der Waals surface area contributed by atoms with Crippen molar-refractivity contribution in [3.05, 3.63) is 68.6 Å². The molecular weight excluding hydrogens is 384 g/mol. The third kappa shape index (κ3) is 3.97. The first-order chi connectivity index (χ1) is 13.1. The fourth-order valence-corrected chi connectivity index (χ4v) is 4.62. The number of aromatic nitrogens is 1. The number of nitrogens with zero attached hydrogens (tertiary/aromatic N) is 2. The molecule has 0 aliphatic carbocycles. The van der Waals surface area contributed by atoms with Crippen LogP contribution in [0.25, 0.3) is 11.3 Å². The van der Waals surface area contributed by atoms with E-state index in [0.717, 1.165) is 21.2 Å². The Morgan fingerprint density at radius 2 is 2.11 bits per heavy atom. The van der Waals surface area contributed by atoms with Gasteiger partial charge in [-0.25, -0.2) is 4.98 Å². The molecule has 6 nitrogen and oxygen atoms in total. The molecule has 0 spiro atoms. The van der Waals surface area contributed by atoms with Crippen molar-refractivity contribution in [2.75, 3.05) is 6.79 Å². The SMILES string of the molecule is Cc1ccc(-c2csc(SCc3cc([N+](=O)[O-])cc4c3OCOC4)n2)cc1. The molecule has 8 heteroatoms. The molecule has 1 aliphatic rings. The molecule has 138 valence electrons. The Morgan fingerprint density at radius 1 is 1.30 bits per heavy atom. The van der Waals surface area contributed by atoms with E-state index in [9.17, 15) is 10.1 Å². The summed E-state index contributed by atoms with van der Waals surface area (Å²) in [5.41, 5.74) is 4.79. The van der Waals surface area contributed by atoms with Gasteiger partial charge in [-0.3, -0.25) is 10.1 Å². The highest BCUT2D eigenvalue weighted by molar-refractivity contribution is 8.00. The highest BCUT2D eigenvalue weighted by Crippen LogP contribution is 2.37. The molecule has 0 saturated heterocycles. The Balaban J connectivity index is 1.54. The van der Waals surface area contributed by atoms with E-state index in [2.05, 4.69) is 36.2 Å². The predicted molar refractivity (Wildman–Crippen MR) is 105 cm³/mol. The molecule has 0 unspecified atom stereocenters. The van der Waals surface area contributed by atoms with Crippen LogP contribution < -0.4 is 4.74 Å². The highest BCUT2D eigenvalue weighted by atomic mass is 32.2. The van der Waals surface area contributed by atoms with Gasteiger partial charge in [-0.1, -0.05) is 41.6 Å². The zero-order valence-electron chi connectivity index (χ0n) is 14.5. The van der Waals surface area contributed by atoms with E-state index >= 15 is 0 Å². The predicted octanol–water partition coefficient (Wildman–Crippen LogP) is 5.19. The molecular formula is C19H16N2O4S2. The van der Waals surface area contributed by atoms with Gasteiger partial charge in [0.05, 0.1) is 17.2 Å². The van der Waals surface area contributed by atoms with Gasteiger partial charge in [0.25, 0.3) is 5.69 Å². The number of non-ortho nitro benzene ring substituents is 1. The van der Waals surface area contributed by atoms with Crippen LogP contribution in [0.2, 0.25) is 0 Å². The largest absolute Gasteiger partial charge is 0.467 e. The first-order valence-electron chi connectivity index (χ1n) is 8.26. The molecule has 0 bridgehead atoms. The van der Waals surface area contributed by atoms with E-state index in [1.54, 1.807) is 29.2 Å². The van der Waals surface area contributed by atoms with Crippen LogP contribution in [0.1, 0.15) is 16.7 Å². The molecule has 27 heavy (non-hydrogen) atoms. The van der Waals surface area contributed by atoms with Crippen molar-refractivity contribution in [1.29, 1.82) is 0 Å². The first-order valence-corrected chi connectivity index (χ1v) is 10.1. The lowest BCUT2D eigenvalue weighted by molar-refractivity contribution is -0.385. The molecule has 0 radical (unpaired) electrons. The van der Waals surface area contributed by atoms with Crippen LogP contribution in [0, 0.1) is 17.0 Å².